The quantitative estimate of drug-likeness (QED) is 0.632. The van der Waals surface area contributed by atoms with Gasteiger partial charge in [0.15, 0.2) is 0 Å². The van der Waals surface area contributed by atoms with Gasteiger partial charge in [0, 0.05) is 17.7 Å². The zero-order valence-corrected chi connectivity index (χ0v) is 11.5. The average molecular weight is 280 g/mol. The molecule has 0 fully saturated rings. The van der Waals surface area contributed by atoms with Gasteiger partial charge in [-0.2, -0.15) is 0 Å². The Bertz CT molecular complexity index is 570. The van der Waals surface area contributed by atoms with Gasteiger partial charge in [-0.1, -0.05) is 6.92 Å². The topological polar surface area (TPSA) is 110 Å². The summed E-state index contributed by atoms with van der Waals surface area (Å²) >= 11 is 0. The highest BCUT2D eigenvalue weighted by Crippen LogP contribution is 2.18. The lowest BCUT2D eigenvalue weighted by atomic mass is 9.97. The van der Waals surface area contributed by atoms with Crippen LogP contribution in [0.25, 0.3) is 0 Å². The van der Waals surface area contributed by atoms with Crippen molar-refractivity contribution >= 4 is 17.6 Å². The number of benzene rings is 1. The molecule has 0 aliphatic rings. The molecular weight excluding hydrogens is 264 g/mol. The van der Waals surface area contributed by atoms with E-state index < -0.39 is 22.3 Å². The van der Waals surface area contributed by atoms with Crippen LogP contribution in [-0.4, -0.2) is 27.4 Å². The van der Waals surface area contributed by atoms with Gasteiger partial charge in [0.25, 0.3) is 11.6 Å². The molecule has 7 heteroatoms. The fraction of sp³-hybridized carbons (Fsp3) is 0.385. The summed E-state index contributed by atoms with van der Waals surface area (Å²) in [5.41, 5.74) is -0.849. The van der Waals surface area contributed by atoms with Crippen molar-refractivity contribution in [2.75, 3.05) is 0 Å². The Morgan fingerprint density at radius 2 is 2.05 bits per heavy atom. The van der Waals surface area contributed by atoms with Crippen molar-refractivity contribution in [2.45, 2.75) is 32.7 Å². The first-order valence-corrected chi connectivity index (χ1v) is 6.02. The first kappa shape index (κ1) is 15.6. The van der Waals surface area contributed by atoms with Crippen LogP contribution >= 0.6 is 0 Å². The lowest BCUT2D eigenvalue weighted by Crippen LogP contribution is -2.51. The highest BCUT2D eigenvalue weighted by Gasteiger charge is 2.33. The van der Waals surface area contributed by atoms with Crippen LogP contribution in [-0.2, 0) is 4.79 Å². The summed E-state index contributed by atoms with van der Waals surface area (Å²) in [6.07, 6.45) is 0.222. The van der Waals surface area contributed by atoms with Gasteiger partial charge in [0.05, 0.1) is 4.92 Å². The van der Waals surface area contributed by atoms with Crippen molar-refractivity contribution in [1.29, 1.82) is 0 Å². The first-order valence-electron chi connectivity index (χ1n) is 6.02. The number of nitro benzene ring substituents is 1. The molecule has 0 saturated heterocycles. The van der Waals surface area contributed by atoms with E-state index in [1.807, 2.05) is 0 Å². The molecule has 0 radical (unpaired) electrons. The van der Waals surface area contributed by atoms with Crippen LogP contribution in [0.4, 0.5) is 5.69 Å². The van der Waals surface area contributed by atoms with Gasteiger partial charge in [-0.3, -0.25) is 14.9 Å². The van der Waals surface area contributed by atoms with Gasteiger partial charge in [-0.05, 0) is 31.9 Å². The highest BCUT2D eigenvalue weighted by atomic mass is 16.6. The number of rotatable bonds is 5. The number of carbonyl (C=O) groups excluding carboxylic acids is 1. The second-order valence-electron chi connectivity index (χ2n) is 4.70. The van der Waals surface area contributed by atoms with Crippen LogP contribution < -0.4 is 5.32 Å². The number of hydrogen-bond acceptors (Lipinski definition) is 4. The molecule has 1 amide bonds. The second-order valence-corrected chi connectivity index (χ2v) is 4.70. The summed E-state index contributed by atoms with van der Waals surface area (Å²) in [6, 6.07) is 3.81. The smallest absolute Gasteiger partial charge is 0.329 e. The molecule has 108 valence electrons. The molecule has 20 heavy (non-hydrogen) atoms. The predicted molar refractivity (Wildman–Crippen MR) is 71.6 cm³/mol. The molecular formula is C13H16N2O5. The number of carboxylic acids is 1. The molecule has 1 unspecified atom stereocenters. The van der Waals surface area contributed by atoms with Crippen LogP contribution in [0.5, 0.6) is 0 Å². The Balaban J connectivity index is 3.05. The summed E-state index contributed by atoms with van der Waals surface area (Å²) in [5.74, 6) is -1.70. The monoisotopic (exact) mass is 280 g/mol. The Labute approximate surface area is 115 Å². The minimum absolute atomic E-state index is 0.115. The number of amides is 1. The molecule has 0 saturated carbocycles. The van der Waals surface area contributed by atoms with Crippen molar-refractivity contribution in [3.8, 4) is 0 Å². The van der Waals surface area contributed by atoms with E-state index in [0.29, 0.717) is 5.56 Å². The molecule has 0 bridgehead atoms. The summed E-state index contributed by atoms with van der Waals surface area (Å²) in [6.45, 7) is 4.62. The number of aryl methyl sites for hydroxylation is 1. The van der Waals surface area contributed by atoms with E-state index >= 15 is 0 Å². The van der Waals surface area contributed by atoms with E-state index in [1.54, 1.807) is 13.8 Å². The van der Waals surface area contributed by atoms with E-state index in [2.05, 4.69) is 5.32 Å². The third-order valence-electron chi connectivity index (χ3n) is 3.23. The van der Waals surface area contributed by atoms with E-state index in [9.17, 15) is 19.7 Å². The van der Waals surface area contributed by atoms with Crippen molar-refractivity contribution in [1.82, 2.24) is 5.32 Å². The molecule has 1 aromatic rings. The number of hydrogen-bond donors (Lipinski definition) is 2. The van der Waals surface area contributed by atoms with Crippen LogP contribution in [0, 0.1) is 17.0 Å². The van der Waals surface area contributed by atoms with Crippen molar-refractivity contribution in [3.63, 3.8) is 0 Å². The van der Waals surface area contributed by atoms with Gasteiger partial charge in [0.1, 0.15) is 5.54 Å². The molecule has 1 atom stereocenters. The van der Waals surface area contributed by atoms with Gasteiger partial charge < -0.3 is 10.4 Å². The molecule has 0 heterocycles. The van der Waals surface area contributed by atoms with Crippen molar-refractivity contribution in [2.24, 2.45) is 0 Å². The van der Waals surface area contributed by atoms with E-state index in [0.717, 1.165) is 0 Å². The molecule has 1 rings (SSSR count). The minimum Gasteiger partial charge on any atom is -0.480 e. The van der Waals surface area contributed by atoms with E-state index in [-0.39, 0.29) is 17.7 Å². The van der Waals surface area contributed by atoms with E-state index in [1.165, 1.54) is 25.1 Å². The van der Waals surface area contributed by atoms with Gasteiger partial charge in [0.2, 0.25) is 0 Å². The Morgan fingerprint density at radius 3 is 2.45 bits per heavy atom. The fourth-order valence-electron chi connectivity index (χ4n) is 1.63. The summed E-state index contributed by atoms with van der Waals surface area (Å²) < 4.78 is 0. The normalized spacial score (nSPS) is 13.3. The lowest BCUT2D eigenvalue weighted by molar-refractivity contribution is -0.384. The maximum Gasteiger partial charge on any atom is 0.329 e. The Morgan fingerprint density at radius 1 is 1.45 bits per heavy atom. The zero-order chi connectivity index (χ0) is 15.5. The number of non-ortho nitro benzene ring substituents is 1. The lowest BCUT2D eigenvalue weighted by Gasteiger charge is -2.24. The fourth-order valence-corrected chi connectivity index (χ4v) is 1.63. The predicted octanol–water partition coefficient (Wildman–Crippen LogP) is 1.89. The summed E-state index contributed by atoms with van der Waals surface area (Å²) in [5, 5.41) is 22.2. The maximum absolute atomic E-state index is 12.1. The number of aliphatic carboxylic acids is 1. The Kier molecular flexibility index (Phi) is 4.44. The van der Waals surface area contributed by atoms with Gasteiger partial charge in [-0.15, -0.1) is 0 Å². The number of nitro groups is 1. The SMILES string of the molecule is CCC(C)(NC(=O)c1ccc([N+](=O)[O-])cc1C)C(=O)O. The third-order valence-corrected chi connectivity index (χ3v) is 3.23. The van der Waals surface area contributed by atoms with Gasteiger partial charge in [-0.25, -0.2) is 4.79 Å². The zero-order valence-electron chi connectivity index (χ0n) is 11.5. The summed E-state index contributed by atoms with van der Waals surface area (Å²) in [7, 11) is 0. The number of nitrogens with zero attached hydrogens (tertiary/aromatic N) is 1. The second kappa shape index (κ2) is 5.68. The molecule has 0 aliphatic heterocycles. The number of nitrogens with one attached hydrogen (secondary N) is 1. The van der Waals surface area contributed by atoms with Crippen LogP contribution in [0.2, 0.25) is 0 Å². The molecule has 0 aromatic heterocycles. The third kappa shape index (κ3) is 3.11. The standard InChI is InChI=1S/C13H16N2O5/c1-4-13(3,12(17)18)14-11(16)10-6-5-9(15(19)20)7-8(10)2/h5-7H,4H2,1-3H3,(H,14,16)(H,17,18). The van der Waals surface area contributed by atoms with Crippen LogP contribution in [0.15, 0.2) is 18.2 Å². The minimum atomic E-state index is -1.37. The van der Waals surface area contributed by atoms with E-state index in [4.69, 9.17) is 5.11 Å². The van der Waals surface area contributed by atoms with Crippen LogP contribution in [0.3, 0.4) is 0 Å². The highest BCUT2D eigenvalue weighted by molar-refractivity contribution is 5.99. The van der Waals surface area contributed by atoms with Crippen LogP contribution in [0.1, 0.15) is 36.2 Å². The first-order chi connectivity index (χ1) is 9.21. The molecule has 7 nitrogen and oxygen atoms in total. The molecule has 2 N–H and O–H groups in total. The average Bonchev–Trinajstić information content (AvgIpc) is 2.37. The molecule has 0 aliphatic carbocycles. The largest absolute Gasteiger partial charge is 0.480 e. The molecule has 0 spiro atoms. The van der Waals surface area contributed by atoms with Gasteiger partial charge >= 0.3 is 5.97 Å². The Hall–Kier alpha value is -2.44. The number of carboxylic acid groups (broad SMARTS) is 1. The maximum atomic E-state index is 12.1. The summed E-state index contributed by atoms with van der Waals surface area (Å²) in [4.78, 5) is 33.3. The molecule has 1 aromatic carbocycles. The number of carbonyl (C=O) groups is 2. The van der Waals surface area contributed by atoms with Crippen molar-refractivity contribution < 1.29 is 19.6 Å². The van der Waals surface area contributed by atoms with Crippen molar-refractivity contribution in [3.05, 3.63) is 39.4 Å².